The topological polar surface area (TPSA) is 55.4 Å². The molecule has 0 fully saturated rings. The molecule has 1 rings (SSSR count). The van der Waals surface area contributed by atoms with Crippen LogP contribution in [-0.4, -0.2) is 24.5 Å². The van der Waals surface area contributed by atoms with Crippen LogP contribution < -0.4 is 5.32 Å². The normalized spacial score (nSPS) is 13.5. The number of methoxy groups -OCH3 is 1. The van der Waals surface area contributed by atoms with Gasteiger partial charge in [0.2, 0.25) is 0 Å². The van der Waals surface area contributed by atoms with Crippen molar-refractivity contribution in [2.75, 3.05) is 7.11 Å². The largest absolute Gasteiger partial charge is 0.467 e. The fourth-order valence-electron chi connectivity index (χ4n) is 1.86. The molecule has 0 saturated heterocycles. The Morgan fingerprint density at radius 2 is 1.89 bits per heavy atom. The fraction of sp³-hybridized carbons (Fsp3) is 0.429. The summed E-state index contributed by atoms with van der Waals surface area (Å²) < 4.78 is 5.82. The van der Waals surface area contributed by atoms with Crippen molar-refractivity contribution < 1.29 is 14.3 Å². The van der Waals surface area contributed by atoms with Gasteiger partial charge in [-0.2, -0.15) is 0 Å². The van der Waals surface area contributed by atoms with Crippen molar-refractivity contribution in [2.24, 2.45) is 0 Å². The van der Waals surface area contributed by atoms with Crippen LogP contribution in [0.15, 0.2) is 24.3 Å². The molecular formula is C14H18INO3. The van der Waals surface area contributed by atoms with Crippen LogP contribution in [0.4, 0.5) is 0 Å². The van der Waals surface area contributed by atoms with Crippen LogP contribution in [0, 0.1) is 3.57 Å². The molecule has 4 nitrogen and oxygen atoms in total. The second-order valence-corrected chi connectivity index (χ2v) is 5.78. The minimum absolute atomic E-state index is 0.266. The molecule has 1 atom stereocenters. The fourth-order valence-corrected chi connectivity index (χ4v) is 2.22. The first-order chi connectivity index (χ1) is 8.92. The number of amides is 1. The molecule has 0 bridgehead atoms. The Bertz CT molecular complexity index is 458. The molecule has 0 radical (unpaired) electrons. The Hall–Kier alpha value is -1.11. The summed E-state index contributed by atoms with van der Waals surface area (Å²) in [6, 6.07) is 7.18. The summed E-state index contributed by atoms with van der Waals surface area (Å²) in [5.74, 6) is -0.689. The van der Waals surface area contributed by atoms with Crippen LogP contribution in [0.25, 0.3) is 0 Å². The summed E-state index contributed by atoms with van der Waals surface area (Å²) in [4.78, 5) is 24.0. The Morgan fingerprint density at radius 3 is 2.37 bits per heavy atom. The third-order valence-corrected chi connectivity index (χ3v) is 3.60. The molecule has 5 heteroatoms. The van der Waals surface area contributed by atoms with Gasteiger partial charge in [-0.25, -0.2) is 4.79 Å². The van der Waals surface area contributed by atoms with Crippen LogP contribution in [0.2, 0.25) is 0 Å². The molecule has 0 heterocycles. The zero-order valence-electron chi connectivity index (χ0n) is 11.3. The molecule has 0 saturated carbocycles. The van der Waals surface area contributed by atoms with E-state index in [1.807, 2.05) is 19.1 Å². The summed E-state index contributed by atoms with van der Waals surface area (Å²) in [5.41, 5.74) is -0.449. The third-order valence-electron chi connectivity index (χ3n) is 2.88. The average molecular weight is 375 g/mol. The van der Waals surface area contributed by atoms with Gasteiger partial charge in [-0.05, 0) is 60.2 Å². The number of halogens is 1. The molecule has 0 aliphatic heterocycles. The van der Waals surface area contributed by atoms with Crippen molar-refractivity contribution >= 4 is 34.5 Å². The van der Waals surface area contributed by atoms with E-state index < -0.39 is 11.5 Å². The Labute approximate surface area is 127 Å². The molecule has 104 valence electrons. The van der Waals surface area contributed by atoms with E-state index in [0.29, 0.717) is 12.0 Å². The average Bonchev–Trinajstić information content (AvgIpc) is 2.38. The van der Waals surface area contributed by atoms with Crippen LogP contribution >= 0.6 is 22.6 Å². The van der Waals surface area contributed by atoms with Crippen molar-refractivity contribution in [1.82, 2.24) is 5.32 Å². The van der Waals surface area contributed by atoms with E-state index >= 15 is 0 Å². The smallest absolute Gasteiger partial charge is 0.331 e. The highest BCUT2D eigenvalue weighted by atomic mass is 127. The molecule has 19 heavy (non-hydrogen) atoms. The minimum Gasteiger partial charge on any atom is -0.467 e. The molecule has 0 aromatic heterocycles. The monoisotopic (exact) mass is 375 g/mol. The summed E-state index contributed by atoms with van der Waals surface area (Å²) in [5, 5.41) is 2.76. The van der Waals surface area contributed by atoms with Gasteiger partial charge in [0.15, 0.2) is 0 Å². The summed E-state index contributed by atoms with van der Waals surface area (Å²) >= 11 is 2.17. The standard InChI is InChI=1S/C14H18INO3/c1-4-9-14(2,13(18)19-3)16-12(17)10-5-7-11(15)8-6-10/h5-8H,4,9H2,1-3H3,(H,16,17). The summed E-state index contributed by atoms with van der Waals surface area (Å²) in [6.45, 7) is 3.64. The highest BCUT2D eigenvalue weighted by Crippen LogP contribution is 2.16. The van der Waals surface area contributed by atoms with Gasteiger partial charge in [0, 0.05) is 9.13 Å². The van der Waals surface area contributed by atoms with E-state index in [1.165, 1.54) is 7.11 Å². The third kappa shape index (κ3) is 4.19. The van der Waals surface area contributed by atoms with Crippen LogP contribution in [-0.2, 0) is 9.53 Å². The molecule has 1 amide bonds. The first kappa shape index (κ1) is 15.9. The van der Waals surface area contributed by atoms with Gasteiger partial charge in [0.05, 0.1) is 7.11 Å². The summed E-state index contributed by atoms with van der Waals surface area (Å²) in [7, 11) is 1.33. The number of benzene rings is 1. The van der Waals surface area contributed by atoms with Crippen molar-refractivity contribution in [3.8, 4) is 0 Å². The maximum absolute atomic E-state index is 12.1. The maximum atomic E-state index is 12.1. The van der Waals surface area contributed by atoms with Gasteiger partial charge in [-0.1, -0.05) is 13.3 Å². The van der Waals surface area contributed by atoms with E-state index in [2.05, 4.69) is 27.9 Å². The Balaban J connectivity index is 2.87. The number of carbonyl (C=O) groups excluding carboxylic acids is 2. The lowest BCUT2D eigenvalue weighted by atomic mass is 9.95. The zero-order valence-corrected chi connectivity index (χ0v) is 13.5. The van der Waals surface area contributed by atoms with E-state index in [1.54, 1.807) is 19.1 Å². The van der Waals surface area contributed by atoms with E-state index in [4.69, 9.17) is 4.74 Å². The SMILES string of the molecule is CCCC(C)(NC(=O)c1ccc(I)cc1)C(=O)OC. The predicted molar refractivity (Wildman–Crippen MR) is 82.0 cm³/mol. The minimum atomic E-state index is -0.983. The second-order valence-electron chi connectivity index (χ2n) is 4.53. The van der Waals surface area contributed by atoms with Crippen molar-refractivity contribution in [2.45, 2.75) is 32.2 Å². The van der Waals surface area contributed by atoms with Crippen LogP contribution in [0.1, 0.15) is 37.0 Å². The van der Waals surface area contributed by atoms with Gasteiger partial charge < -0.3 is 10.1 Å². The second kappa shape index (κ2) is 6.88. The molecule has 0 spiro atoms. The number of rotatable bonds is 5. The predicted octanol–water partition coefficient (Wildman–Crippen LogP) is 2.75. The number of ether oxygens (including phenoxy) is 1. The van der Waals surface area contributed by atoms with Crippen LogP contribution in [0.5, 0.6) is 0 Å². The first-order valence-electron chi connectivity index (χ1n) is 6.09. The van der Waals surface area contributed by atoms with Crippen molar-refractivity contribution in [3.63, 3.8) is 0 Å². The van der Waals surface area contributed by atoms with Gasteiger partial charge >= 0.3 is 5.97 Å². The number of hydrogen-bond donors (Lipinski definition) is 1. The number of carbonyl (C=O) groups is 2. The van der Waals surface area contributed by atoms with E-state index in [-0.39, 0.29) is 5.91 Å². The highest BCUT2D eigenvalue weighted by molar-refractivity contribution is 14.1. The lowest BCUT2D eigenvalue weighted by Crippen LogP contribution is -2.52. The lowest BCUT2D eigenvalue weighted by Gasteiger charge is -2.27. The molecular weight excluding hydrogens is 357 g/mol. The molecule has 1 aromatic rings. The van der Waals surface area contributed by atoms with Gasteiger partial charge in [0.25, 0.3) is 5.91 Å². The quantitative estimate of drug-likeness (QED) is 0.636. The number of nitrogens with one attached hydrogen (secondary N) is 1. The van der Waals surface area contributed by atoms with E-state index in [9.17, 15) is 9.59 Å². The highest BCUT2D eigenvalue weighted by Gasteiger charge is 2.35. The molecule has 1 unspecified atom stereocenters. The molecule has 1 aromatic carbocycles. The molecule has 0 aliphatic carbocycles. The Morgan fingerprint density at radius 1 is 1.32 bits per heavy atom. The van der Waals surface area contributed by atoms with Gasteiger partial charge in [-0.3, -0.25) is 4.79 Å². The first-order valence-corrected chi connectivity index (χ1v) is 7.17. The number of esters is 1. The number of hydrogen-bond acceptors (Lipinski definition) is 3. The lowest BCUT2D eigenvalue weighted by molar-refractivity contribution is -0.147. The Kier molecular flexibility index (Phi) is 5.78. The van der Waals surface area contributed by atoms with Gasteiger partial charge in [-0.15, -0.1) is 0 Å². The van der Waals surface area contributed by atoms with E-state index in [0.717, 1.165) is 9.99 Å². The molecule has 0 aliphatic rings. The molecule has 1 N–H and O–H groups in total. The van der Waals surface area contributed by atoms with Gasteiger partial charge in [0.1, 0.15) is 5.54 Å². The zero-order chi connectivity index (χ0) is 14.5. The van der Waals surface area contributed by atoms with Crippen molar-refractivity contribution in [3.05, 3.63) is 33.4 Å². The summed E-state index contributed by atoms with van der Waals surface area (Å²) in [6.07, 6.45) is 1.31. The van der Waals surface area contributed by atoms with Crippen LogP contribution in [0.3, 0.4) is 0 Å². The maximum Gasteiger partial charge on any atom is 0.331 e. The van der Waals surface area contributed by atoms with Crippen molar-refractivity contribution in [1.29, 1.82) is 0 Å².